The lowest BCUT2D eigenvalue weighted by molar-refractivity contribution is 0.660. The highest BCUT2D eigenvalue weighted by Gasteiger charge is 2.35. The first kappa shape index (κ1) is 47.9. The van der Waals surface area contributed by atoms with Crippen LogP contribution in [0.2, 0.25) is 0 Å². The van der Waals surface area contributed by atoms with Crippen molar-refractivity contribution in [1.82, 2.24) is 4.57 Å². The number of hydrogen-bond donors (Lipinski definition) is 0. The van der Waals surface area contributed by atoms with Gasteiger partial charge in [-0.3, -0.25) is 0 Å². The van der Waals surface area contributed by atoms with Crippen molar-refractivity contribution >= 4 is 54.5 Å². The third-order valence-corrected chi connectivity index (χ3v) is 16.9. The van der Waals surface area contributed by atoms with Gasteiger partial charge in [0.15, 0.2) is 0 Å². The van der Waals surface area contributed by atoms with Gasteiger partial charge in [-0.05, 0) is 170 Å². The van der Waals surface area contributed by atoms with Crippen molar-refractivity contribution in [2.75, 3.05) is 0 Å². The highest BCUT2D eigenvalue weighted by atomic mass is 16.3. The summed E-state index contributed by atoms with van der Waals surface area (Å²) in [6, 6.07) is 92.5. The molecule has 0 saturated carbocycles. The normalized spacial score (nSPS) is 12.7. The van der Waals surface area contributed by atoms with E-state index in [2.05, 4.69) is 282 Å². The Hall–Kier alpha value is -9.50. The molecule has 2 aromatic heterocycles. The third kappa shape index (κ3) is 8.26. The fourth-order valence-electron chi connectivity index (χ4n) is 12.8. The molecule has 2 heterocycles. The van der Waals surface area contributed by atoms with Crippen LogP contribution in [0.15, 0.2) is 259 Å². The number of hydrogen-bond acceptors (Lipinski definition) is 1. The van der Waals surface area contributed by atoms with Gasteiger partial charge < -0.3 is 8.98 Å². The van der Waals surface area contributed by atoms with E-state index in [1.165, 1.54) is 116 Å². The lowest BCUT2D eigenvalue weighted by Gasteiger charge is -2.21. The topological polar surface area (TPSA) is 18.1 Å². The van der Waals surface area contributed by atoms with Crippen molar-refractivity contribution in [2.45, 2.75) is 46.5 Å². The Morgan fingerprint density at radius 3 is 1.70 bits per heavy atom. The minimum Gasteiger partial charge on any atom is -0.455 e. The Morgan fingerprint density at radius 2 is 0.911 bits per heavy atom. The summed E-state index contributed by atoms with van der Waals surface area (Å²) in [7, 11) is 0. The molecule has 0 N–H and O–H groups in total. The molecule has 2 heteroatoms. The molecule has 0 atom stereocenters. The summed E-state index contributed by atoms with van der Waals surface area (Å²) in [4.78, 5) is 0. The molecule has 14 aromatic rings. The van der Waals surface area contributed by atoms with Gasteiger partial charge in [0.25, 0.3) is 0 Å². The minimum atomic E-state index is 0.151. The Kier molecular flexibility index (Phi) is 11.6. The van der Waals surface area contributed by atoms with Gasteiger partial charge in [-0.1, -0.05) is 226 Å². The number of aryl methyl sites for hydroxylation is 3. The number of fused-ring (bicyclic) bond motifs is 13. The highest BCUT2D eigenvalue weighted by Crippen LogP contribution is 2.50. The summed E-state index contributed by atoms with van der Waals surface area (Å²) < 4.78 is 8.81. The molecule has 0 bridgehead atoms. The van der Waals surface area contributed by atoms with Crippen molar-refractivity contribution < 1.29 is 4.42 Å². The Balaban J connectivity index is 0.000000169. The number of para-hydroxylation sites is 2. The molecule has 0 fully saturated rings. The van der Waals surface area contributed by atoms with E-state index in [0.717, 1.165) is 45.2 Å². The van der Waals surface area contributed by atoms with Crippen LogP contribution in [0, 0.1) is 20.8 Å². The van der Waals surface area contributed by atoms with E-state index < -0.39 is 0 Å². The fraction of sp³-hybridized carbons (Fsp3) is 0.0909. The highest BCUT2D eigenvalue weighted by molar-refractivity contribution is 6.12. The van der Waals surface area contributed by atoms with Gasteiger partial charge in [0.05, 0.1) is 11.0 Å². The van der Waals surface area contributed by atoms with Crippen molar-refractivity contribution in [1.29, 1.82) is 0 Å². The van der Waals surface area contributed by atoms with Crippen molar-refractivity contribution in [3.05, 3.63) is 294 Å². The maximum atomic E-state index is 6.39. The molecule has 378 valence electrons. The van der Waals surface area contributed by atoms with Crippen molar-refractivity contribution in [3.8, 4) is 61.3 Å². The van der Waals surface area contributed by atoms with Gasteiger partial charge >= 0.3 is 0 Å². The van der Waals surface area contributed by atoms with Gasteiger partial charge in [-0.2, -0.15) is 0 Å². The standard InChI is InChI=1S/C50H33NO.C16H16.C11H10/c1-31-13-15-32(16-14-31)34-21-25-47-45(29-34)46-30-36(35-17-18-38-27-37-7-2-3-8-40(37)44(38)28-35)22-26-48(46)51(47)39-23-19-33(20-24-39)41-10-6-11-43-42-9-4-5-12-49(42)52-50(41)43;1-11-7-6-10-14-15(11)12-8-4-5-9-13(12)16(14,2)3;1-9-5-4-7-10-6-2-3-8-11(9)10/h2-26,28-30H,27H2,1H3;4-10H,1-3H3;2-8H,1H3. The predicted molar refractivity (Wildman–Crippen MR) is 335 cm³/mol. The van der Waals surface area contributed by atoms with Crippen LogP contribution >= 0.6 is 0 Å². The largest absolute Gasteiger partial charge is 0.455 e. The Labute approximate surface area is 462 Å². The van der Waals surface area contributed by atoms with Crippen LogP contribution in [0.5, 0.6) is 0 Å². The predicted octanol–water partition coefficient (Wildman–Crippen LogP) is 21.0. The Bertz CT molecular complexity index is 4670. The van der Waals surface area contributed by atoms with E-state index in [4.69, 9.17) is 4.42 Å². The molecule has 12 aromatic carbocycles. The molecule has 16 rings (SSSR count). The number of rotatable bonds is 4. The molecule has 0 unspecified atom stereocenters. The zero-order valence-corrected chi connectivity index (χ0v) is 45.3. The van der Waals surface area contributed by atoms with Crippen molar-refractivity contribution in [2.24, 2.45) is 0 Å². The molecular formula is C77H59NO. The van der Waals surface area contributed by atoms with Gasteiger partial charge in [-0.15, -0.1) is 0 Å². The number of aromatic nitrogens is 1. The molecule has 0 amide bonds. The first-order valence-corrected chi connectivity index (χ1v) is 27.7. The van der Waals surface area contributed by atoms with Crippen LogP contribution in [0.25, 0.3) is 116 Å². The molecule has 0 spiro atoms. The maximum Gasteiger partial charge on any atom is 0.143 e. The number of nitrogens with zero attached hydrogens (tertiary/aromatic N) is 1. The zero-order chi connectivity index (χ0) is 53.4. The van der Waals surface area contributed by atoms with Gasteiger partial charge in [-0.25, -0.2) is 0 Å². The molecule has 0 aliphatic heterocycles. The zero-order valence-electron chi connectivity index (χ0n) is 45.3. The van der Waals surface area contributed by atoms with E-state index >= 15 is 0 Å². The summed E-state index contributed by atoms with van der Waals surface area (Å²) in [6.07, 6.45) is 1.01. The average molecular weight is 1010 g/mol. The maximum absolute atomic E-state index is 6.39. The van der Waals surface area contributed by atoms with Gasteiger partial charge in [0.1, 0.15) is 11.2 Å². The van der Waals surface area contributed by atoms with Crippen LogP contribution < -0.4 is 0 Å². The molecule has 0 radical (unpaired) electrons. The van der Waals surface area contributed by atoms with Crippen molar-refractivity contribution in [3.63, 3.8) is 0 Å². The van der Waals surface area contributed by atoms with Crippen LogP contribution in [0.4, 0.5) is 0 Å². The minimum absolute atomic E-state index is 0.151. The van der Waals surface area contributed by atoms with Gasteiger partial charge in [0.2, 0.25) is 0 Å². The smallest absolute Gasteiger partial charge is 0.143 e. The molecule has 79 heavy (non-hydrogen) atoms. The van der Waals surface area contributed by atoms with E-state index in [9.17, 15) is 0 Å². The van der Waals surface area contributed by atoms with Crippen LogP contribution in [-0.4, -0.2) is 4.57 Å². The molecule has 2 aliphatic rings. The number of furan rings is 1. The summed E-state index contributed by atoms with van der Waals surface area (Å²) in [5.41, 5.74) is 28.0. The lowest BCUT2D eigenvalue weighted by Crippen LogP contribution is -2.14. The fourth-order valence-corrected chi connectivity index (χ4v) is 12.8. The second-order valence-electron chi connectivity index (χ2n) is 22.2. The summed E-state index contributed by atoms with van der Waals surface area (Å²) in [5, 5.41) is 7.47. The SMILES string of the molecule is Cc1ccc(-c2ccc3c(c2)c2cc(-c4ccc5c(c4)-c4ccccc4C5)ccc2n3-c2ccc(-c3cccc4c3oc3ccccc34)cc2)cc1.Cc1cccc2c1-c1ccccc1C2(C)C.Cc1cccc2ccccc12. The van der Waals surface area contributed by atoms with Crippen LogP contribution in [-0.2, 0) is 11.8 Å². The summed E-state index contributed by atoms with van der Waals surface area (Å²) >= 11 is 0. The first-order valence-electron chi connectivity index (χ1n) is 27.7. The Morgan fingerprint density at radius 1 is 0.367 bits per heavy atom. The second kappa shape index (κ2) is 19.2. The quantitative estimate of drug-likeness (QED) is 0.172. The van der Waals surface area contributed by atoms with E-state index in [1.807, 2.05) is 12.1 Å². The van der Waals surface area contributed by atoms with E-state index in [1.54, 1.807) is 0 Å². The van der Waals surface area contributed by atoms with E-state index in [-0.39, 0.29) is 5.41 Å². The number of benzene rings is 12. The molecule has 0 saturated heterocycles. The summed E-state index contributed by atoms with van der Waals surface area (Å²) in [5.74, 6) is 0. The monoisotopic (exact) mass is 1010 g/mol. The second-order valence-corrected chi connectivity index (χ2v) is 22.2. The summed E-state index contributed by atoms with van der Waals surface area (Å²) in [6.45, 7) is 11.1. The lowest BCUT2D eigenvalue weighted by atomic mass is 9.82. The van der Waals surface area contributed by atoms with Crippen LogP contribution in [0.3, 0.4) is 0 Å². The van der Waals surface area contributed by atoms with Crippen LogP contribution in [0.1, 0.15) is 52.8 Å². The van der Waals surface area contributed by atoms with E-state index in [0.29, 0.717) is 0 Å². The van der Waals surface area contributed by atoms with Gasteiger partial charge in [0, 0.05) is 38.2 Å². The average Bonchev–Trinajstić information content (AvgIpc) is 4.42. The molecular weight excluding hydrogens is 955 g/mol. The molecule has 2 aliphatic carbocycles. The molecule has 2 nitrogen and oxygen atoms in total. The first-order chi connectivity index (χ1) is 38.7. The third-order valence-electron chi connectivity index (χ3n) is 16.9.